The Bertz CT molecular complexity index is 978. The molecule has 0 aliphatic carbocycles. The average molecular weight is 435 g/mol. The highest BCUT2D eigenvalue weighted by Crippen LogP contribution is 2.39. The van der Waals surface area contributed by atoms with Crippen molar-refractivity contribution in [2.75, 3.05) is 27.9 Å². The molecule has 2 N–H and O–H groups in total. The Labute approximate surface area is 176 Å². The second kappa shape index (κ2) is 10.1. The molecule has 1 unspecified atom stereocenters. The number of carbonyl (C=O) groups is 1. The number of hydrogen-bond donors (Lipinski definition) is 2. The van der Waals surface area contributed by atoms with E-state index in [1.165, 1.54) is 51.7 Å². The van der Waals surface area contributed by atoms with E-state index in [9.17, 15) is 13.2 Å². The van der Waals surface area contributed by atoms with E-state index in [1.807, 2.05) is 6.92 Å². The molecule has 0 heterocycles. The number of nitrogens with one attached hydrogen (secondary N) is 2. The molecule has 0 radical (unpaired) electrons. The normalized spacial score (nSPS) is 12.0. The average Bonchev–Trinajstić information content (AvgIpc) is 2.76. The van der Waals surface area contributed by atoms with E-state index in [-0.39, 0.29) is 23.4 Å². The van der Waals surface area contributed by atoms with Crippen LogP contribution in [-0.2, 0) is 10.0 Å². The van der Waals surface area contributed by atoms with Crippen molar-refractivity contribution < 1.29 is 27.4 Å². The van der Waals surface area contributed by atoms with Gasteiger partial charge < -0.3 is 19.5 Å². The van der Waals surface area contributed by atoms with Gasteiger partial charge in [0.1, 0.15) is 0 Å². The lowest BCUT2D eigenvalue weighted by molar-refractivity contribution is 0.0939. The van der Waals surface area contributed by atoms with Crippen LogP contribution in [0.1, 0.15) is 28.9 Å². The molecular weight excluding hydrogens is 408 g/mol. The minimum Gasteiger partial charge on any atom is -0.493 e. The maximum absolute atomic E-state index is 12.6. The van der Waals surface area contributed by atoms with Crippen LogP contribution in [0.4, 0.5) is 0 Å². The molecule has 8 nitrogen and oxygen atoms in total. The first-order chi connectivity index (χ1) is 14.3. The van der Waals surface area contributed by atoms with Gasteiger partial charge in [0, 0.05) is 12.1 Å². The fourth-order valence-electron chi connectivity index (χ4n) is 2.75. The summed E-state index contributed by atoms with van der Waals surface area (Å²) >= 11 is 0. The third-order valence-corrected chi connectivity index (χ3v) is 5.82. The summed E-state index contributed by atoms with van der Waals surface area (Å²) in [5, 5.41) is 2.88. The van der Waals surface area contributed by atoms with Crippen LogP contribution in [0.15, 0.2) is 53.9 Å². The molecule has 0 saturated carbocycles. The van der Waals surface area contributed by atoms with Crippen molar-refractivity contribution in [3.63, 3.8) is 0 Å². The van der Waals surface area contributed by atoms with Crippen molar-refractivity contribution >= 4 is 15.9 Å². The number of sulfonamides is 1. The summed E-state index contributed by atoms with van der Waals surface area (Å²) < 4.78 is 42.6. The van der Waals surface area contributed by atoms with Gasteiger partial charge in [0.25, 0.3) is 5.91 Å². The molecule has 0 bridgehead atoms. The zero-order valence-electron chi connectivity index (χ0n) is 17.4. The number of benzene rings is 2. The Morgan fingerprint density at radius 2 is 1.63 bits per heavy atom. The summed E-state index contributed by atoms with van der Waals surface area (Å²) in [6.07, 6.45) is 1.45. The highest BCUT2D eigenvalue weighted by Gasteiger charge is 2.19. The topological polar surface area (TPSA) is 103 Å². The molecule has 0 saturated heterocycles. The van der Waals surface area contributed by atoms with Gasteiger partial charge >= 0.3 is 0 Å². The summed E-state index contributed by atoms with van der Waals surface area (Å²) in [7, 11) is 0.906. The molecule has 1 amide bonds. The van der Waals surface area contributed by atoms with Gasteiger partial charge in [-0.1, -0.05) is 6.08 Å². The molecule has 30 heavy (non-hydrogen) atoms. The van der Waals surface area contributed by atoms with Crippen LogP contribution in [0.2, 0.25) is 0 Å². The van der Waals surface area contributed by atoms with Crippen molar-refractivity contribution in [3.8, 4) is 17.2 Å². The van der Waals surface area contributed by atoms with Crippen molar-refractivity contribution in [1.29, 1.82) is 0 Å². The predicted molar refractivity (Wildman–Crippen MR) is 114 cm³/mol. The number of amides is 1. The zero-order chi connectivity index (χ0) is 22.3. The molecule has 0 spiro atoms. The Morgan fingerprint density at radius 1 is 1.07 bits per heavy atom. The highest BCUT2D eigenvalue weighted by atomic mass is 32.2. The lowest BCUT2D eigenvalue weighted by Gasteiger charge is -2.19. The second-order valence-electron chi connectivity index (χ2n) is 6.32. The maximum Gasteiger partial charge on any atom is 0.251 e. The molecule has 0 aromatic heterocycles. The second-order valence-corrected chi connectivity index (χ2v) is 8.09. The van der Waals surface area contributed by atoms with Crippen LogP contribution in [0, 0.1) is 0 Å². The first kappa shape index (κ1) is 23.2. The summed E-state index contributed by atoms with van der Waals surface area (Å²) in [5.74, 6) is 1.08. The molecule has 2 aromatic carbocycles. The molecule has 0 aliphatic rings. The van der Waals surface area contributed by atoms with Crippen LogP contribution in [0.5, 0.6) is 17.2 Å². The Hall–Kier alpha value is -3.04. The third-order valence-electron chi connectivity index (χ3n) is 4.38. The number of ether oxygens (including phenoxy) is 3. The summed E-state index contributed by atoms with van der Waals surface area (Å²) in [6.45, 7) is 5.41. The van der Waals surface area contributed by atoms with Crippen molar-refractivity contribution in [2.45, 2.75) is 17.9 Å². The van der Waals surface area contributed by atoms with Gasteiger partial charge in [-0.25, -0.2) is 13.1 Å². The van der Waals surface area contributed by atoms with Gasteiger partial charge in [0.05, 0.1) is 32.3 Å². The van der Waals surface area contributed by atoms with Crippen molar-refractivity contribution in [3.05, 3.63) is 60.2 Å². The van der Waals surface area contributed by atoms with Gasteiger partial charge in [0.2, 0.25) is 15.8 Å². The quantitative estimate of drug-likeness (QED) is 0.558. The van der Waals surface area contributed by atoms with Crippen LogP contribution in [-0.4, -0.2) is 42.2 Å². The minimum absolute atomic E-state index is 0.0681. The zero-order valence-corrected chi connectivity index (χ0v) is 18.2. The molecule has 2 rings (SSSR count). The smallest absolute Gasteiger partial charge is 0.251 e. The first-order valence-corrected chi connectivity index (χ1v) is 10.6. The predicted octanol–water partition coefficient (Wildman–Crippen LogP) is 2.67. The third kappa shape index (κ3) is 5.31. The standard InChI is InChI=1S/C21H26N2O6S/c1-6-11-22-30(25,26)17-9-7-15(8-10-17)21(24)23-14(2)16-12-18(27-3)20(29-5)19(13-16)28-4/h6-10,12-14,22H,1,11H2,2-5H3,(H,23,24). The maximum atomic E-state index is 12.6. The van der Waals surface area contributed by atoms with E-state index >= 15 is 0 Å². The van der Waals surface area contributed by atoms with Gasteiger partial charge in [-0.2, -0.15) is 0 Å². The fourth-order valence-corrected chi connectivity index (χ4v) is 3.75. The Balaban J connectivity index is 2.19. The van der Waals surface area contributed by atoms with Crippen LogP contribution < -0.4 is 24.2 Å². The van der Waals surface area contributed by atoms with E-state index in [4.69, 9.17) is 14.2 Å². The SMILES string of the molecule is C=CCNS(=O)(=O)c1ccc(C(=O)NC(C)c2cc(OC)c(OC)c(OC)c2)cc1. The molecule has 2 aromatic rings. The minimum atomic E-state index is -3.65. The Morgan fingerprint density at radius 3 is 2.10 bits per heavy atom. The molecule has 9 heteroatoms. The number of methoxy groups -OCH3 is 3. The van der Waals surface area contributed by atoms with Crippen LogP contribution >= 0.6 is 0 Å². The number of hydrogen-bond acceptors (Lipinski definition) is 6. The van der Waals surface area contributed by atoms with Gasteiger partial charge in [0.15, 0.2) is 11.5 Å². The monoisotopic (exact) mass is 434 g/mol. The van der Waals surface area contributed by atoms with Gasteiger partial charge in [-0.3, -0.25) is 4.79 Å². The first-order valence-electron chi connectivity index (χ1n) is 9.08. The molecule has 162 valence electrons. The van der Waals surface area contributed by atoms with Crippen LogP contribution in [0.3, 0.4) is 0 Å². The van der Waals surface area contributed by atoms with Crippen molar-refractivity contribution in [2.24, 2.45) is 0 Å². The Kier molecular flexibility index (Phi) is 7.85. The van der Waals surface area contributed by atoms with Crippen molar-refractivity contribution in [1.82, 2.24) is 10.0 Å². The summed E-state index contributed by atoms with van der Waals surface area (Å²) in [4.78, 5) is 12.7. The van der Waals surface area contributed by atoms with E-state index in [0.29, 0.717) is 22.8 Å². The largest absolute Gasteiger partial charge is 0.493 e. The fraction of sp³-hybridized carbons (Fsp3) is 0.286. The number of carbonyl (C=O) groups excluding carboxylic acids is 1. The summed E-state index contributed by atoms with van der Waals surface area (Å²) in [6, 6.07) is 8.82. The van der Waals surface area contributed by atoms with Gasteiger partial charge in [-0.05, 0) is 48.9 Å². The molecule has 0 aliphatic heterocycles. The lowest BCUT2D eigenvalue weighted by Crippen LogP contribution is -2.27. The highest BCUT2D eigenvalue weighted by molar-refractivity contribution is 7.89. The molecule has 0 fully saturated rings. The number of rotatable bonds is 10. The van der Waals surface area contributed by atoms with E-state index in [2.05, 4.69) is 16.6 Å². The lowest BCUT2D eigenvalue weighted by atomic mass is 10.1. The summed E-state index contributed by atoms with van der Waals surface area (Å²) in [5.41, 5.74) is 1.09. The molecular formula is C21H26N2O6S. The van der Waals surface area contributed by atoms with E-state index in [1.54, 1.807) is 12.1 Å². The van der Waals surface area contributed by atoms with E-state index < -0.39 is 10.0 Å². The molecule has 1 atom stereocenters. The van der Waals surface area contributed by atoms with Gasteiger partial charge in [-0.15, -0.1) is 6.58 Å². The van der Waals surface area contributed by atoms with Crippen LogP contribution in [0.25, 0.3) is 0 Å². The van der Waals surface area contributed by atoms with E-state index in [0.717, 1.165) is 5.56 Å².